The molecule has 0 aliphatic carbocycles. The number of likely N-dealkylation sites (tertiary alicyclic amines) is 1. The van der Waals surface area contributed by atoms with Crippen LogP contribution >= 0.6 is 0 Å². The van der Waals surface area contributed by atoms with Gasteiger partial charge in [0.05, 0.1) is 0 Å². The van der Waals surface area contributed by atoms with Gasteiger partial charge in [-0.15, -0.1) is 0 Å². The Kier molecular flexibility index (Phi) is 9.65. The molecular weight excluding hydrogens is 218 g/mol. The summed E-state index contributed by atoms with van der Waals surface area (Å²) in [5.74, 6) is 0. The molecule has 18 heavy (non-hydrogen) atoms. The van der Waals surface area contributed by atoms with Crippen molar-refractivity contribution in [2.24, 2.45) is 0 Å². The Labute approximate surface area is 115 Å². The van der Waals surface area contributed by atoms with E-state index in [1.807, 2.05) is 0 Å². The summed E-state index contributed by atoms with van der Waals surface area (Å²) in [7, 11) is 0. The first-order valence-corrected chi connectivity index (χ1v) is 8.58. The Hall–Kier alpha value is -0.0400. The van der Waals surface area contributed by atoms with E-state index in [1.54, 1.807) is 0 Å². The lowest BCUT2D eigenvalue weighted by Crippen LogP contribution is -2.37. The van der Waals surface area contributed by atoms with Crippen LogP contribution in [-0.2, 0) is 0 Å². The first kappa shape index (κ1) is 16.0. The SMILES string of the molecule is CCCCCCCCCCCN1CCCCC1C. The van der Waals surface area contributed by atoms with Crippen molar-refractivity contribution < 1.29 is 0 Å². The van der Waals surface area contributed by atoms with Crippen molar-refractivity contribution in [3.05, 3.63) is 0 Å². The van der Waals surface area contributed by atoms with Gasteiger partial charge in [-0.3, -0.25) is 0 Å². The van der Waals surface area contributed by atoms with Crippen molar-refractivity contribution in [2.75, 3.05) is 13.1 Å². The second kappa shape index (κ2) is 10.8. The molecular formula is C17H35N. The smallest absolute Gasteiger partial charge is 0.00669 e. The molecule has 0 amide bonds. The van der Waals surface area contributed by atoms with E-state index in [0.29, 0.717) is 0 Å². The number of hydrogen-bond acceptors (Lipinski definition) is 1. The van der Waals surface area contributed by atoms with Crippen molar-refractivity contribution in [3.8, 4) is 0 Å². The van der Waals surface area contributed by atoms with E-state index in [9.17, 15) is 0 Å². The van der Waals surface area contributed by atoms with Gasteiger partial charge in [-0.2, -0.15) is 0 Å². The van der Waals surface area contributed by atoms with Gasteiger partial charge in [-0.1, -0.05) is 64.7 Å². The lowest BCUT2D eigenvalue weighted by atomic mass is 10.0. The Morgan fingerprint density at radius 3 is 2.06 bits per heavy atom. The maximum atomic E-state index is 2.71. The number of hydrogen-bond donors (Lipinski definition) is 0. The van der Waals surface area contributed by atoms with E-state index < -0.39 is 0 Å². The maximum absolute atomic E-state index is 2.71. The van der Waals surface area contributed by atoms with Crippen LogP contribution in [0.5, 0.6) is 0 Å². The lowest BCUT2D eigenvalue weighted by Gasteiger charge is -2.33. The molecule has 1 heterocycles. The van der Waals surface area contributed by atoms with Crippen LogP contribution in [-0.4, -0.2) is 24.0 Å². The lowest BCUT2D eigenvalue weighted by molar-refractivity contribution is 0.157. The summed E-state index contributed by atoms with van der Waals surface area (Å²) in [6.07, 6.45) is 17.3. The fourth-order valence-electron chi connectivity index (χ4n) is 3.12. The highest BCUT2D eigenvalue weighted by Gasteiger charge is 2.16. The van der Waals surface area contributed by atoms with Gasteiger partial charge in [-0.05, 0) is 39.3 Å². The Balaban J connectivity index is 1.83. The standard InChI is InChI=1S/C17H35N/c1-3-4-5-6-7-8-9-10-12-15-18-16-13-11-14-17(18)2/h17H,3-16H2,1-2H3. The van der Waals surface area contributed by atoms with Gasteiger partial charge in [0.15, 0.2) is 0 Å². The van der Waals surface area contributed by atoms with Gasteiger partial charge < -0.3 is 4.90 Å². The molecule has 108 valence electrons. The average molecular weight is 253 g/mol. The van der Waals surface area contributed by atoms with Gasteiger partial charge in [-0.25, -0.2) is 0 Å². The molecule has 0 bridgehead atoms. The molecule has 0 saturated carbocycles. The molecule has 1 fully saturated rings. The van der Waals surface area contributed by atoms with Crippen molar-refractivity contribution in [2.45, 2.75) is 96.9 Å². The third-order valence-electron chi connectivity index (χ3n) is 4.49. The van der Waals surface area contributed by atoms with Crippen LogP contribution in [0.25, 0.3) is 0 Å². The summed E-state index contributed by atoms with van der Waals surface area (Å²) in [6, 6.07) is 0.854. The van der Waals surface area contributed by atoms with Crippen molar-refractivity contribution in [1.29, 1.82) is 0 Å². The molecule has 1 aliphatic rings. The Morgan fingerprint density at radius 1 is 0.833 bits per heavy atom. The molecule has 0 aromatic carbocycles. The van der Waals surface area contributed by atoms with E-state index in [0.717, 1.165) is 6.04 Å². The molecule has 1 rings (SSSR count). The molecule has 1 atom stereocenters. The molecule has 1 heteroatoms. The van der Waals surface area contributed by atoms with Crippen LogP contribution < -0.4 is 0 Å². The van der Waals surface area contributed by atoms with E-state index in [4.69, 9.17) is 0 Å². The van der Waals surface area contributed by atoms with Crippen molar-refractivity contribution >= 4 is 0 Å². The normalized spacial score (nSPS) is 21.3. The van der Waals surface area contributed by atoms with Crippen LogP contribution in [0, 0.1) is 0 Å². The predicted molar refractivity (Wildman–Crippen MR) is 82.1 cm³/mol. The number of unbranched alkanes of at least 4 members (excludes halogenated alkanes) is 8. The van der Waals surface area contributed by atoms with Crippen LogP contribution in [0.2, 0.25) is 0 Å². The highest BCUT2D eigenvalue weighted by Crippen LogP contribution is 2.17. The number of nitrogens with zero attached hydrogens (tertiary/aromatic N) is 1. The summed E-state index contributed by atoms with van der Waals surface area (Å²) in [5.41, 5.74) is 0. The molecule has 1 aliphatic heterocycles. The third kappa shape index (κ3) is 7.41. The summed E-state index contributed by atoms with van der Waals surface area (Å²) < 4.78 is 0. The minimum atomic E-state index is 0.854. The van der Waals surface area contributed by atoms with Crippen molar-refractivity contribution in [1.82, 2.24) is 4.90 Å². The highest BCUT2D eigenvalue weighted by atomic mass is 15.1. The van der Waals surface area contributed by atoms with Crippen LogP contribution in [0.4, 0.5) is 0 Å². The van der Waals surface area contributed by atoms with Crippen molar-refractivity contribution in [3.63, 3.8) is 0 Å². The largest absolute Gasteiger partial charge is 0.301 e. The molecule has 1 unspecified atom stereocenters. The fraction of sp³-hybridized carbons (Fsp3) is 1.00. The predicted octanol–water partition coefficient (Wildman–Crippen LogP) is 5.39. The van der Waals surface area contributed by atoms with Crippen LogP contribution in [0.15, 0.2) is 0 Å². The van der Waals surface area contributed by atoms with E-state index in [-0.39, 0.29) is 0 Å². The summed E-state index contributed by atoms with van der Waals surface area (Å²) in [4.78, 5) is 2.71. The molecule has 0 aromatic heterocycles. The fourth-order valence-corrected chi connectivity index (χ4v) is 3.12. The second-order valence-corrected chi connectivity index (χ2v) is 6.21. The first-order chi connectivity index (χ1) is 8.84. The quantitative estimate of drug-likeness (QED) is 0.472. The van der Waals surface area contributed by atoms with E-state index in [2.05, 4.69) is 18.7 Å². The molecule has 0 aromatic rings. The summed E-state index contributed by atoms with van der Waals surface area (Å²) in [5, 5.41) is 0. The molecule has 0 spiro atoms. The summed E-state index contributed by atoms with van der Waals surface area (Å²) >= 11 is 0. The van der Waals surface area contributed by atoms with Gasteiger partial charge in [0.2, 0.25) is 0 Å². The molecule has 0 radical (unpaired) electrons. The topological polar surface area (TPSA) is 3.24 Å². The minimum Gasteiger partial charge on any atom is -0.301 e. The average Bonchev–Trinajstić information content (AvgIpc) is 2.39. The number of rotatable bonds is 10. The zero-order valence-corrected chi connectivity index (χ0v) is 12.9. The Bertz CT molecular complexity index is 178. The third-order valence-corrected chi connectivity index (χ3v) is 4.49. The van der Waals surface area contributed by atoms with E-state index in [1.165, 1.54) is 90.1 Å². The second-order valence-electron chi connectivity index (χ2n) is 6.21. The first-order valence-electron chi connectivity index (χ1n) is 8.58. The summed E-state index contributed by atoms with van der Waals surface area (Å²) in [6.45, 7) is 7.42. The highest BCUT2D eigenvalue weighted by molar-refractivity contribution is 4.72. The monoisotopic (exact) mass is 253 g/mol. The maximum Gasteiger partial charge on any atom is 0.00669 e. The molecule has 0 N–H and O–H groups in total. The zero-order valence-electron chi connectivity index (χ0n) is 12.9. The van der Waals surface area contributed by atoms with Gasteiger partial charge in [0, 0.05) is 6.04 Å². The van der Waals surface area contributed by atoms with Crippen LogP contribution in [0.3, 0.4) is 0 Å². The van der Waals surface area contributed by atoms with E-state index >= 15 is 0 Å². The number of piperidine rings is 1. The van der Waals surface area contributed by atoms with Gasteiger partial charge >= 0.3 is 0 Å². The zero-order chi connectivity index (χ0) is 13.1. The minimum absolute atomic E-state index is 0.854. The van der Waals surface area contributed by atoms with Gasteiger partial charge in [0.25, 0.3) is 0 Å². The van der Waals surface area contributed by atoms with Crippen LogP contribution in [0.1, 0.15) is 90.9 Å². The van der Waals surface area contributed by atoms with Gasteiger partial charge in [0.1, 0.15) is 0 Å². The molecule has 1 saturated heterocycles. The Morgan fingerprint density at radius 2 is 1.44 bits per heavy atom. The molecule has 1 nitrogen and oxygen atoms in total.